The molecule has 2 heterocycles. The number of carbonyl (C=O) groups is 1. The normalized spacial score (nSPS) is 37.8. The van der Waals surface area contributed by atoms with Crippen LogP contribution in [0.1, 0.15) is 64.7 Å². The second kappa shape index (κ2) is 6.46. The molecule has 4 atom stereocenters. The number of likely N-dealkylation sites (tertiary alicyclic amines) is 1. The minimum atomic E-state index is 0.120. The third-order valence-corrected chi connectivity index (χ3v) is 5.74. The third kappa shape index (κ3) is 3.03. The van der Waals surface area contributed by atoms with Crippen LogP contribution in [0.15, 0.2) is 0 Å². The first kappa shape index (κ1) is 14.4. The Hall–Kier alpha value is -0.570. The Balaban J connectivity index is 1.53. The molecule has 3 heteroatoms. The number of hydrogen-bond donors (Lipinski definition) is 1. The van der Waals surface area contributed by atoms with Gasteiger partial charge in [0.1, 0.15) is 0 Å². The van der Waals surface area contributed by atoms with Crippen LogP contribution in [-0.4, -0.2) is 36.0 Å². The number of hydrogen-bond acceptors (Lipinski definition) is 2. The minimum Gasteiger partial charge on any atom is -0.341 e. The molecule has 0 aromatic carbocycles. The van der Waals surface area contributed by atoms with Crippen molar-refractivity contribution in [1.82, 2.24) is 10.2 Å². The zero-order chi connectivity index (χ0) is 13.9. The fourth-order valence-electron chi connectivity index (χ4n) is 4.59. The molecule has 0 aromatic rings. The Morgan fingerprint density at radius 3 is 2.85 bits per heavy atom. The number of rotatable bonds is 3. The molecule has 1 saturated carbocycles. The minimum absolute atomic E-state index is 0.120. The maximum atomic E-state index is 12.7. The van der Waals surface area contributed by atoms with E-state index in [0.717, 1.165) is 31.3 Å². The number of nitrogens with zero attached hydrogens (tertiary/aromatic N) is 1. The van der Waals surface area contributed by atoms with Gasteiger partial charge in [0.2, 0.25) is 5.91 Å². The van der Waals surface area contributed by atoms with Crippen molar-refractivity contribution in [3.8, 4) is 0 Å². The van der Waals surface area contributed by atoms with E-state index < -0.39 is 0 Å². The number of carbonyl (C=O) groups excluding carboxylic acids is 1. The first-order valence-electron chi connectivity index (χ1n) is 8.82. The number of fused-ring (bicyclic) bond motifs is 1. The van der Waals surface area contributed by atoms with E-state index in [0.29, 0.717) is 11.9 Å². The third-order valence-electron chi connectivity index (χ3n) is 5.74. The van der Waals surface area contributed by atoms with Crippen LogP contribution in [0.4, 0.5) is 0 Å². The van der Waals surface area contributed by atoms with Crippen LogP contribution in [0.5, 0.6) is 0 Å². The summed E-state index contributed by atoms with van der Waals surface area (Å²) in [7, 11) is 0. The second-order valence-electron chi connectivity index (χ2n) is 7.18. The van der Waals surface area contributed by atoms with Crippen molar-refractivity contribution < 1.29 is 4.79 Å². The highest BCUT2D eigenvalue weighted by molar-refractivity contribution is 5.82. The topological polar surface area (TPSA) is 32.3 Å². The largest absolute Gasteiger partial charge is 0.341 e. The van der Waals surface area contributed by atoms with Crippen molar-refractivity contribution in [2.75, 3.05) is 13.1 Å². The van der Waals surface area contributed by atoms with Crippen LogP contribution >= 0.6 is 0 Å². The SMILES string of the molecule is CCCC1CCN(C(=O)C2CCC3CCCCC3N2)C1. The van der Waals surface area contributed by atoms with Gasteiger partial charge < -0.3 is 10.2 Å². The van der Waals surface area contributed by atoms with Gasteiger partial charge in [-0.05, 0) is 50.4 Å². The Kier molecular flexibility index (Phi) is 4.65. The van der Waals surface area contributed by atoms with E-state index in [4.69, 9.17) is 0 Å². The molecule has 4 unspecified atom stereocenters. The average Bonchev–Trinajstić information content (AvgIpc) is 2.95. The molecule has 114 valence electrons. The summed E-state index contributed by atoms with van der Waals surface area (Å²) in [5, 5.41) is 3.69. The van der Waals surface area contributed by atoms with Crippen LogP contribution in [-0.2, 0) is 4.79 Å². The van der Waals surface area contributed by atoms with Crippen LogP contribution in [0.3, 0.4) is 0 Å². The van der Waals surface area contributed by atoms with E-state index in [-0.39, 0.29) is 6.04 Å². The van der Waals surface area contributed by atoms with Gasteiger partial charge in [0, 0.05) is 19.1 Å². The zero-order valence-electron chi connectivity index (χ0n) is 12.9. The molecule has 0 aromatic heterocycles. The van der Waals surface area contributed by atoms with Gasteiger partial charge in [-0.3, -0.25) is 4.79 Å². The molecule has 3 fully saturated rings. The Morgan fingerprint density at radius 2 is 2.00 bits per heavy atom. The van der Waals surface area contributed by atoms with E-state index in [1.807, 2.05) is 0 Å². The quantitative estimate of drug-likeness (QED) is 0.861. The molecule has 3 aliphatic rings. The van der Waals surface area contributed by atoms with Crippen molar-refractivity contribution in [3.63, 3.8) is 0 Å². The monoisotopic (exact) mass is 278 g/mol. The molecule has 0 bridgehead atoms. The molecule has 3 rings (SSSR count). The number of nitrogens with one attached hydrogen (secondary N) is 1. The zero-order valence-corrected chi connectivity index (χ0v) is 12.9. The highest BCUT2D eigenvalue weighted by atomic mass is 16.2. The predicted octanol–water partition coefficient (Wildman–Crippen LogP) is 2.95. The van der Waals surface area contributed by atoms with Crippen molar-refractivity contribution in [3.05, 3.63) is 0 Å². The predicted molar refractivity (Wildman–Crippen MR) is 81.5 cm³/mol. The van der Waals surface area contributed by atoms with E-state index in [2.05, 4.69) is 17.1 Å². The Bertz CT molecular complexity index is 344. The van der Waals surface area contributed by atoms with Crippen LogP contribution < -0.4 is 5.32 Å². The Morgan fingerprint density at radius 1 is 1.15 bits per heavy atom. The summed E-state index contributed by atoms with van der Waals surface area (Å²) in [6, 6.07) is 0.746. The van der Waals surface area contributed by atoms with Crippen molar-refractivity contribution in [2.24, 2.45) is 11.8 Å². The lowest BCUT2D eigenvalue weighted by atomic mass is 9.77. The van der Waals surface area contributed by atoms with Gasteiger partial charge in [0.05, 0.1) is 6.04 Å². The van der Waals surface area contributed by atoms with Crippen LogP contribution in [0.2, 0.25) is 0 Å². The molecule has 1 aliphatic carbocycles. The van der Waals surface area contributed by atoms with E-state index in [9.17, 15) is 4.79 Å². The average molecular weight is 278 g/mol. The number of amides is 1. The van der Waals surface area contributed by atoms with E-state index in [1.165, 1.54) is 51.4 Å². The highest BCUT2D eigenvalue weighted by Crippen LogP contribution is 2.33. The van der Waals surface area contributed by atoms with Crippen molar-refractivity contribution in [2.45, 2.75) is 76.8 Å². The fourth-order valence-corrected chi connectivity index (χ4v) is 4.59. The van der Waals surface area contributed by atoms with Crippen LogP contribution in [0, 0.1) is 11.8 Å². The first-order valence-corrected chi connectivity index (χ1v) is 8.82. The van der Waals surface area contributed by atoms with Crippen molar-refractivity contribution in [1.29, 1.82) is 0 Å². The summed E-state index contributed by atoms with van der Waals surface area (Å²) in [6.45, 7) is 4.26. The smallest absolute Gasteiger partial charge is 0.239 e. The Labute approximate surface area is 123 Å². The molecule has 3 nitrogen and oxygen atoms in total. The van der Waals surface area contributed by atoms with Gasteiger partial charge in [-0.15, -0.1) is 0 Å². The molecule has 2 saturated heterocycles. The van der Waals surface area contributed by atoms with E-state index >= 15 is 0 Å². The highest BCUT2D eigenvalue weighted by Gasteiger charge is 2.37. The molecular formula is C17H30N2O. The van der Waals surface area contributed by atoms with Gasteiger partial charge in [0.15, 0.2) is 0 Å². The van der Waals surface area contributed by atoms with Crippen molar-refractivity contribution >= 4 is 5.91 Å². The fraction of sp³-hybridized carbons (Fsp3) is 0.941. The van der Waals surface area contributed by atoms with Gasteiger partial charge in [0.25, 0.3) is 0 Å². The summed E-state index contributed by atoms with van der Waals surface area (Å²) >= 11 is 0. The maximum Gasteiger partial charge on any atom is 0.239 e. The molecule has 2 aliphatic heterocycles. The van der Waals surface area contributed by atoms with Gasteiger partial charge in [-0.2, -0.15) is 0 Å². The van der Waals surface area contributed by atoms with Gasteiger partial charge >= 0.3 is 0 Å². The molecule has 20 heavy (non-hydrogen) atoms. The summed E-state index contributed by atoms with van der Waals surface area (Å²) in [5.74, 6) is 2.00. The summed E-state index contributed by atoms with van der Waals surface area (Å²) in [4.78, 5) is 14.8. The maximum absolute atomic E-state index is 12.7. The molecular weight excluding hydrogens is 248 g/mol. The van der Waals surface area contributed by atoms with E-state index in [1.54, 1.807) is 0 Å². The van der Waals surface area contributed by atoms with Crippen LogP contribution in [0.25, 0.3) is 0 Å². The molecule has 1 amide bonds. The first-order chi connectivity index (χ1) is 9.78. The molecule has 1 N–H and O–H groups in total. The summed E-state index contributed by atoms with van der Waals surface area (Å²) in [6.07, 6.45) is 11.5. The molecule has 0 radical (unpaired) electrons. The second-order valence-corrected chi connectivity index (χ2v) is 7.18. The lowest BCUT2D eigenvalue weighted by molar-refractivity contribution is -0.134. The van der Waals surface area contributed by atoms with Gasteiger partial charge in [-0.25, -0.2) is 0 Å². The molecule has 0 spiro atoms. The van der Waals surface area contributed by atoms with Gasteiger partial charge in [-0.1, -0.05) is 26.2 Å². The summed E-state index contributed by atoms with van der Waals surface area (Å²) in [5.41, 5.74) is 0. The standard InChI is InChI=1S/C17H30N2O/c1-2-5-13-10-11-19(12-13)17(20)16-9-8-14-6-3-4-7-15(14)18-16/h13-16,18H,2-12H2,1H3. The number of piperidine rings is 1. The lowest BCUT2D eigenvalue weighted by Gasteiger charge is -2.40. The summed E-state index contributed by atoms with van der Waals surface area (Å²) < 4.78 is 0. The lowest BCUT2D eigenvalue weighted by Crippen LogP contribution is -2.55.